The lowest BCUT2D eigenvalue weighted by Crippen LogP contribution is -1.99. The van der Waals surface area contributed by atoms with Gasteiger partial charge in [-0.2, -0.15) is 0 Å². The Morgan fingerprint density at radius 2 is 2.06 bits per heavy atom. The molecule has 0 bridgehead atoms. The summed E-state index contributed by atoms with van der Waals surface area (Å²) in [6, 6.07) is 6.59. The first-order valence-corrected chi connectivity index (χ1v) is 5.40. The number of aryl methyl sites for hydroxylation is 1. The summed E-state index contributed by atoms with van der Waals surface area (Å²) in [7, 11) is 0. The Kier molecular flexibility index (Phi) is 3.11. The fourth-order valence-electron chi connectivity index (χ4n) is 1.64. The molecule has 0 aliphatic rings. The van der Waals surface area contributed by atoms with E-state index in [0.29, 0.717) is 10.6 Å². The SMILES string of the molecule is Cc1cncc(-c2cc(Cl)ccc2C(=O)O)c1. The van der Waals surface area contributed by atoms with Gasteiger partial charge in [0.05, 0.1) is 5.56 Å². The monoisotopic (exact) mass is 247 g/mol. The second-order valence-electron chi connectivity index (χ2n) is 3.75. The Labute approximate surface area is 104 Å². The molecule has 0 spiro atoms. The molecule has 4 heteroatoms. The van der Waals surface area contributed by atoms with Crippen molar-refractivity contribution in [3.05, 3.63) is 52.8 Å². The topological polar surface area (TPSA) is 50.2 Å². The van der Waals surface area contributed by atoms with E-state index in [4.69, 9.17) is 16.7 Å². The highest BCUT2D eigenvalue weighted by Crippen LogP contribution is 2.27. The minimum Gasteiger partial charge on any atom is -0.478 e. The smallest absolute Gasteiger partial charge is 0.336 e. The minimum atomic E-state index is -0.974. The summed E-state index contributed by atoms with van der Waals surface area (Å²) in [5.41, 5.74) is 2.53. The van der Waals surface area contributed by atoms with Gasteiger partial charge >= 0.3 is 5.97 Å². The van der Waals surface area contributed by atoms with Gasteiger partial charge in [-0.15, -0.1) is 0 Å². The van der Waals surface area contributed by atoms with Gasteiger partial charge in [0.25, 0.3) is 0 Å². The second-order valence-corrected chi connectivity index (χ2v) is 4.18. The molecule has 17 heavy (non-hydrogen) atoms. The highest BCUT2D eigenvalue weighted by atomic mass is 35.5. The van der Waals surface area contributed by atoms with Gasteiger partial charge in [0.2, 0.25) is 0 Å². The van der Waals surface area contributed by atoms with E-state index >= 15 is 0 Å². The first-order valence-electron chi connectivity index (χ1n) is 5.03. The number of hydrogen-bond donors (Lipinski definition) is 1. The molecule has 0 saturated carbocycles. The van der Waals surface area contributed by atoms with E-state index < -0.39 is 5.97 Å². The molecule has 86 valence electrons. The molecule has 2 aromatic rings. The lowest BCUT2D eigenvalue weighted by molar-refractivity contribution is 0.0698. The van der Waals surface area contributed by atoms with Gasteiger partial charge in [-0.1, -0.05) is 11.6 Å². The molecule has 0 amide bonds. The van der Waals surface area contributed by atoms with Crippen molar-refractivity contribution < 1.29 is 9.90 Å². The standard InChI is InChI=1S/C13H10ClNO2/c1-8-4-9(7-15-6-8)12-5-10(14)2-3-11(12)13(16)17/h2-7H,1H3,(H,16,17). The maximum atomic E-state index is 11.1. The fourth-order valence-corrected chi connectivity index (χ4v) is 1.82. The molecule has 1 heterocycles. The van der Waals surface area contributed by atoms with Gasteiger partial charge in [0.15, 0.2) is 0 Å². The Hall–Kier alpha value is -1.87. The number of hydrogen-bond acceptors (Lipinski definition) is 2. The quantitative estimate of drug-likeness (QED) is 0.885. The van der Waals surface area contributed by atoms with Crippen LogP contribution in [-0.2, 0) is 0 Å². The summed E-state index contributed by atoms with van der Waals surface area (Å²) in [5.74, 6) is -0.974. The van der Waals surface area contributed by atoms with Crippen molar-refractivity contribution in [1.29, 1.82) is 0 Å². The predicted octanol–water partition coefficient (Wildman–Crippen LogP) is 3.41. The van der Waals surface area contributed by atoms with Crippen molar-refractivity contribution in [2.45, 2.75) is 6.92 Å². The zero-order chi connectivity index (χ0) is 12.4. The van der Waals surface area contributed by atoms with Gasteiger partial charge in [-0.3, -0.25) is 4.98 Å². The molecule has 0 saturated heterocycles. The summed E-state index contributed by atoms with van der Waals surface area (Å²) in [4.78, 5) is 15.2. The molecule has 1 aromatic carbocycles. The van der Waals surface area contributed by atoms with Gasteiger partial charge in [-0.05, 0) is 42.3 Å². The minimum absolute atomic E-state index is 0.224. The average Bonchev–Trinajstić information content (AvgIpc) is 2.28. The molecule has 0 atom stereocenters. The molecule has 3 nitrogen and oxygen atoms in total. The van der Waals surface area contributed by atoms with Crippen molar-refractivity contribution in [3.8, 4) is 11.1 Å². The maximum absolute atomic E-state index is 11.1. The summed E-state index contributed by atoms with van der Waals surface area (Å²) in [6.07, 6.45) is 3.35. The predicted molar refractivity (Wildman–Crippen MR) is 66.4 cm³/mol. The van der Waals surface area contributed by atoms with Crippen LogP contribution in [0.25, 0.3) is 11.1 Å². The molecule has 1 aromatic heterocycles. The van der Waals surface area contributed by atoms with E-state index in [1.807, 2.05) is 13.0 Å². The lowest BCUT2D eigenvalue weighted by Gasteiger charge is -2.07. The van der Waals surface area contributed by atoms with Crippen LogP contribution < -0.4 is 0 Å². The van der Waals surface area contributed by atoms with Crippen molar-refractivity contribution in [3.63, 3.8) is 0 Å². The average molecular weight is 248 g/mol. The number of aromatic nitrogens is 1. The number of nitrogens with zero attached hydrogens (tertiary/aromatic N) is 1. The van der Waals surface area contributed by atoms with Crippen molar-refractivity contribution in [2.24, 2.45) is 0 Å². The third kappa shape index (κ3) is 2.45. The Morgan fingerprint density at radius 1 is 1.29 bits per heavy atom. The highest BCUT2D eigenvalue weighted by molar-refractivity contribution is 6.31. The summed E-state index contributed by atoms with van der Waals surface area (Å²) in [6.45, 7) is 1.90. The van der Waals surface area contributed by atoms with E-state index in [1.54, 1.807) is 24.5 Å². The highest BCUT2D eigenvalue weighted by Gasteiger charge is 2.12. The number of halogens is 1. The van der Waals surface area contributed by atoms with E-state index in [9.17, 15) is 4.79 Å². The zero-order valence-corrected chi connectivity index (χ0v) is 9.90. The van der Waals surface area contributed by atoms with Gasteiger partial charge in [0, 0.05) is 23.0 Å². The molecule has 1 N–H and O–H groups in total. The lowest BCUT2D eigenvalue weighted by atomic mass is 10.0. The van der Waals surface area contributed by atoms with Crippen LogP contribution in [0.4, 0.5) is 0 Å². The summed E-state index contributed by atoms with van der Waals surface area (Å²) in [5, 5.41) is 9.63. The summed E-state index contributed by atoms with van der Waals surface area (Å²) < 4.78 is 0. The maximum Gasteiger partial charge on any atom is 0.336 e. The summed E-state index contributed by atoms with van der Waals surface area (Å²) >= 11 is 5.90. The molecular weight excluding hydrogens is 238 g/mol. The molecule has 0 fully saturated rings. The molecule has 2 rings (SSSR count). The van der Waals surface area contributed by atoms with E-state index in [0.717, 1.165) is 11.1 Å². The molecule has 0 unspecified atom stereocenters. The third-order valence-corrected chi connectivity index (χ3v) is 2.63. The van der Waals surface area contributed by atoms with Crippen LogP contribution in [0.2, 0.25) is 5.02 Å². The first kappa shape index (κ1) is 11.6. The fraction of sp³-hybridized carbons (Fsp3) is 0.0769. The van der Waals surface area contributed by atoms with Crippen molar-refractivity contribution >= 4 is 17.6 Å². The Balaban J connectivity index is 2.65. The van der Waals surface area contributed by atoms with Crippen LogP contribution in [0.1, 0.15) is 15.9 Å². The van der Waals surface area contributed by atoms with E-state index in [1.165, 1.54) is 6.07 Å². The number of benzene rings is 1. The number of carboxylic acid groups (broad SMARTS) is 1. The molecule has 0 radical (unpaired) electrons. The zero-order valence-electron chi connectivity index (χ0n) is 9.14. The van der Waals surface area contributed by atoms with E-state index in [2.05, 4.69) is 4.98 Å². The van der Waals surface area contributed by atoms with Crippen LogP contribution in [0, 0.1) is 6.92 Å². The van der Waals surface area contributed by atoms with Crippen LogP contribution in [-0.4, -0.2) is 16.1 Å². The second kappa shape index (κ2) is 4.55. The number of pyridine rings is 1. The number of carbonyl (C=O) groups is 1. The van der Waals surface area contributed by atoms with Gasteiger partial charge in [-0.25, -0.2) is 4.79 Å². The number of aromatic carboxylic acids is 1. The molecule has 0 aliphatic carbocycles. The largest absolute Gasteiger partial charge is 0.478 e. The Morgan fingerprint density at radius 3 is 2.71 bits per heavy atom. The van der Waals surface area contributed by atoms with Gasteiger partial charge in [0.1, 0.15) is 0 Å². The third-order valence-electron chi connectivity index (χ3n) is 2.40. The van der Waals surface area contributed by atoms with Crippen molar-refractivity contribution in [2.75, 3.05) is 0 Å². The Bertz CT molecular complexity index is 581. The van der Waals surface area contributed by atoms with Gasteiger partial charge < -0.3 is 5.11 Å². The van der Waals surface area contributed by atoms with Crippen LogP contribution in [0.5, 0.6) is 0 Å². The first-order chi connectivity index (χ1) is 8.08. The van der Waals surface area contributed by atoms with Crippen LogP contribution in [0.15, 0.2) is 36.7 Å². The van der Waals surface area contributed by atoms with Crippen LogP contribution in [0.3, 0.4) is 0 Å². The van der Waals surface area contributed by atoms with E-state index in [-0.39, 0.29) is 5.56 Å². The van der Waals surface area contributed by atoms with Crippen molar-refractivity contribution in [1.82, 2.24) is 4.98 Å². The number of rotatable bonds is 2. The normalized spacial score (nSPS) is 10.2. The molecule has 0 aliphatic heterocycles. The molecular formula is C13H10ClNO2. The number of carboxylic acids is 1. The van der Waals surface area contributed by atoms with Crippen LogP contribution >= 0.6 is 11.6 Å².